The summed E-state index contributed by atoms with van der Waals surface area (Å²) in [6.07, 6.45) is 1.87. The molecule has 0 unspecified atom stereocenters. The van der Waals surface area contributed by atoms with Gasteiger partial charge < -0.3 is 5.32 Å². The first-order valence-electron chi connectivity index (χ1n) is 5.47. The molecule has 2 aromatic rings. The molecule has 4 nitrogen and oxygen atoms in total. The predicted molar refractivity (Wildman–Crippen MR) is 70.4 cm³/mol. The molecule has 0 bridgehead atoms. The Labute approximate surface area is 108 Å². The van der Waals surface area contributed by atoms with Crippen LogP contribution in [0.3, 0.4) is 0 Å². The molecule has 0 aliphatic rings. The zero-order valence-electron chi connectivity index (χ0n) is 10.0. The van der Waals surface area contributed by atoms with Crippen LogP contribution in [-0.2, 0) is 0 Å². The van der Waals surface area contributed by atoms with Crippen molar-refractivity contribution in [1.82, 2.24) is 14.7 Å². The Morgan fingerprint density at radius 2 is 2.24 bits per heavy atom. The van der Waals surface area contributed by atoms with E-state index in [0.29, 0.717) is 12.2 Å². The van der Waals surface area contributed by atoms with Gasteiger partial charge in [0.1, 0.15) is 11.3 Å². The molecule has 0 aliphatic heterocycles. The van der Waals surface area contributed by atoms with E-state index in [0.717, 1.165) is 21.4 Å². The molecular formula is C12H14BrN3O. The Morgan fingerprint density at radius 3 is 2.88 bits per heavy atom. The van der Waals surface area contributed by atoms with E-state index in [2.05, 4.69) is 26.2 Å². The summed E-state index contributed by atoms with van der Waals surface area (Å²) >= 11 is 3.43. The molecule has 0 atom stereocenters. The number of aryl methyl sites for hydroxylation is 2. The lowest BCUT2D eigenvalue weighted by Crippen LogP contribution is -2.24. The molecule has 0 spiro atoms. The van der Waals surface area contributed by atoms with Crippen molar-refractivity contribution in [2.75, 3.05) is 6.54 Å². The maximum absolute atomic E-state index is 12.0. The summed E-state index contributed by atoms with van der Waals surface area (Å²) in [7, 11) is 0. The van der Waals surface area contributed by atoms with E-state index < -0.39 is 0 Å². The van der Waals surface area contributed by atoms with Crippen molar-refractivity contribution >= 4 is 27.5 Å². The van der Waals surface area contributed by atoms with Gasteiger partial charge in [0.2, 0.25) is 0 Å². The zero-order chi connectivity index (χ0) is 12.6. The highest BCUT2D eigenvalue weighted by molar-refractivity contribution is 9.10. The van der Waals surface area contributed by atoms with Crippen LogP contribution in [0.1, 0.15) is 28.7 Å². The fourth-order valence-corrected chi connectivity index (χ4v) is 2.45. The first-order valence-corrected chi connectivity index (χ1v) is 6.27. The number of amides is 1. The van der Waals surface area contributed by atoms with Crippen LogP contribution in [0.25, 0.3) is 5.65 Å². The van der Waals surface area contributed by atoms with E-state index in [4.69, 9.17) is 0 Å². The van der Waals surface area contributed by atoms with Crippen molar-refractivity contribution in [3.8, 4) is 0 Å². The molecule has 0 aromatic carbocycles. The molecule has 1 amide bonds. The fraction of sp³-hybridized carbons (Fsp3) is 0.333. The van der Waals surface area contributed by atoms with Crippen LogP contribution < -0.4 is 5.32 Å². The second kappa shape index (κ2) is 4.49. The van der Waals surface area contributed by atoms with Gasteiger partial charge >= 0.3 is 0 Å². The van der Waals surface area contributed by atoms with E-state index in [9.17, 15) is 4.79 Å². The SMILES string of the molecule is CCNC(=O)c1c(C)nc2c(C)cc(Br)cn12. The van der Waals surface area contributed by atoms with Crippen LogP contribution in [0.2, 0.25) is 0 Å². The topological polar surface area (TPSA) is 46.4 Å². The van der Waals surface area contributed by atoms with Crippen LogP contribution in [0, 0.1) is 13.8 Å². The lowest BCUT2D eigenvalue weighted by atomic mass is 10.3. The molecule has 2 aromatic heterocycles. The lowest BCUT2D eigenvalue weighted by molar-refractivity contribution is 0.0949. The monoisotopic (exact) mass is 295 g/mol. The van der Waals surface area contributed by atoms with E-state index in [-0.39, 0.29) is 5.91 Å². The highest BCUT2D eigenvalue weighted by Gasteiger charge is 2.17. The Morgan fingerprint density at radius 1 is 1.53 bits per heavy atom. The third-order valence-corrected chi connectivity index (χ3v) is 3.03. The van der Waals surface area contributed by atoms with Crippen molar-refractivity contribution in [3.63, 3.8) is 0 Å². The van der Waals surface area contributed by atoms with Crippen LogP contribution in [0.4, 0.5) is 0 Å². The number of carbonyl (C=O) groups is 1. The van der Waals surface area contributed by atoms with E-state index in [1.807, 2.05) is 37.4 Å². The van der Waals surface area contributed by atoms with Crippen molar-refractivity contribution in [1.29, 1.82) is 0 Å². The van der Waals surface area contributed by atoms with Crippen LogP contribution in [-0.4, -0.2) is 21.8 Å². The van der Waals surface area contributed by atoms with Gasteiger partial charge in [0.05, 0.1) is 5.69 Å². The molecule has 2 heterocycles. The van der Waals surface area contributed by atoms with Crippen molar-refractivity contribution in [2.45, 2.75) is 20.8 Å². The van der Waals surface area contributed by atoms with Crippen molar-refractivity contribution in [2.24, 2.45) is 0 Å². The van der Waals surface area contributed by atoms with Gasteiger partial charge in [0, 0.05) is 17.2 Å². The highest BCUT2D eigenvalue weighted by atomic mass is 79.9. The molecular weight excluding hydrogens is 282 g/mol. The number of fused-ring (bicyclic) bond motifs is 1. The number of carbonyl (C=O) groups excluding carboxylic acids is 1. The average Bonchev–Trinajstić information content (AvgIpc) is 2.55. The second-order valence-electron chi connectivity index (χ2n) is 3.94. The molecule has 0 fully saturated rings. The van der Waals surface area contributed by atoms with Gasteiger partial charge in [-0.2, -0.15) is 0 Å². The molecule has 2 rings (SSSR count). The van der Waals surface area contributed by atoms with Gasteiger partial charge in [-0.05, 0) is 48.3 Å². The minimum absolute atomic E-state index is 0.0880. The minimum Gasteiger partial charge on any atom is -0.351 e. The number of hydrogen-bond donors (Lipinski definition) is 1. The summed E-state index contributed by atoms with van der Waals surface area (Å²) in [6.45, 7) is 6.34. The summed E-state index contributed by atoms with van der Waals surface area (Å²) in [5, 5.41) is 2.80. The Bertz CT molecular complexity index is 589. The normalized spacial score (nSPS) is 10.8. The standard InChI is InChI=1S/C12H14BrN3O/c1-4-14-12(17)10-8(3)15-11-7(2)5-9(13)6-16(10)11/h5-6H,4H2,1-3H3,(H,14,17). The summed E-state index contributed by atoms with van der Waals surface area (Å²) in [5.74, 6) is -0.0880. The molecule has 0 aliphatic carbocycles. The van der Waals surface area contributed by atoms with Crippen LogP contribution in [0.5, 0.6) is 0 Å². The summed E-state index contributed by atoms with van der Waals surface area (Å²) in [5.41, 5.74) is 3.22. The third kappa shape index (κ3) is 2.07. The van der Waals surface area contributed by atoms with Gasteiger partial charge in [-0.15, -0.1) is 0 Å². The van der Waals surface area contributed by atoms with Gasteiger partial charge in [0.25, 0.3) is 5.91 Å². The van der Waals surface area contributed by atoms with Gasteiger partial charge in [-0.3, -0.25) is 9.20 Å². The molecule has 0 radical (unpaired) electrons. The fourth-order valence-electron chi connectivity index (χ4n) is 1.90. The summed E-state index contributed by atoms with van der Waals surface area (Å²) in [4.78, 5) is 16.4. The predicted octanol–water partition coefficient (Wildman–Crippen LogP) is 2.46. The smallest absolute Gasteiger partial charge is 0.270 e. The Hall–Kier alpha value is -1.36. The molecule has 90 valence electrons. The number of pyridine rings is 1. The second-order valence-corrected chi connectivity index (χ2v) is 4.86. The van der Waals surface area contributed by atoms with Gasteiger partial charge in [-0.25, -0.2) is 4.98 Å². The number of halogens is 1. The number of imidazole rings is 1. The first-order chi connectivity index (χ1) is 8.04. The summed E-state index contributed by atoms with van der Waals surface area (Å²) < 4.78 is 2.77. The zero-order valence-corrected chi connectivity index (χ0v) is 11.6. The van der Waals surface area contributed by atoms with Crippen molar-refractivity contribution in [3.05, 3.63) is 33.7 Å². The number of nitrogens with one attached hydrogen (secondary N) is 1. The molecule has 5 heteroatoms. The first kappa shape index (κ1) is 12.1. The molecule has 0 saturated carbocycles. The van der Waals surface area contributed by atoms with Crippen molar-refractivity contribution < 1.29 is 4.79 Å². The molecule has 1 N–H and O–H groups in total. The Balaban J connectivity index is 2.70. The van der Waals surface area contributed by atoms with E-state index >= 15 is 0 Å². The van der Waals surface area contributed by atoms with Gasteiger partial charge in [0.15, 0.2) is 0 Å². The Kier molecular flexibility index (Phi) is 3.19. The maximum Gasteiger partial charge on any atom is 0.270 e. The average molecular weight is 296 g/mol. The molecule has 0 saturated heterocycles. The van der Waals surface area contributed by atoms with Crippen LogP contribution in [0.15, 0.2) is 16.7 Å². The number of hydrogen-bond acceptors (Lipinski definition) is 2. The maximum atomic E-state index is 12.0. The van der Waals surface area contributed by atoms with Crippen LogP contribution >= 0.6 is 15.9 Å². The van der Waals surface area contributed by atoms with E-state index in [1.54, 1.807) is 0 Å². The number of rotatable bonds is 2. The number of aromatic nitrogens is 2. The largest absolute Gasteiger partial charge is 0.351 e. The molecule has 17 heavy (non-hydrogen) atoms. The minimum atomic E-state index is -0.0880. The summed E-state index contributed by atoms with van der Waals surface area (Å²) in [6, 6.07) is 1.99. The number of nitrogens with zero attached hydrogens (tertiary/aromatic N) is 2. The quantitative estimate of drug-likeness (QED) is 0.925. The van der Waals surface area contributed by atoms with Gasteiger partial charge in [-0.1, -0.05) is 0 Å². The lowest BCUT2D eigenvalue weighted by Gasteiger charge is -2.05. The third-order valence-electron chi connectivity index (χ3n) is 2.60. The van der Waals surface area contributed by atoms with E-state index in [1.165, 1.54) is 0 Å². The highest BCUT2D eigenvalue weighted by Crippen LogP contribution is 2.20.